The molecular formula is C35H28N6. The number of aryl methyl sites for hydroxylation is 2. The highest BCUT2D eigenvalue weighted by Gasteiger charge is 2.21. The molecule has 0 saturated carbocycles. The minimum Gasteiger partial charge on any atom is -0.376 e. The molecule has 0 radical (unpaired) electrons. The minimum absolute atomic E-state index is 0.878. The summed E-state index contributed by atoms with van der Waals surface area (Å²) in [6.45, 7) is 5.29. The molecule has 2 aromatic carbocycles. The Labute approximate surface area is 237 Å². The summed E-state index contributed by atoms with van der Waals surface area (Å²) in [5.41, 5.74) is 13.3. The van der Waals surface area contributed by atoms with E-state index < -0.39 is 0 Å². The van der Waals surface area contributed by atoms with Crippen LogP contribution in [-0.2, 0) is 6.54 Å². The molecule has 0 fully saturated rings. The first-order valence-electron chi connectivity index (χ1n) is 13.8. The Morgan fingerprint density at radius 1 is 0.610 bits per heavy atom. The van der Waals surface area contributed by atoms with Gasteiger partial charge in [-0.25, -0.2) is 0 Å². The molecule has 0 amide bonds. The maximum atomic E-state index is 4.43. The van der Waals surface area contributed by atoms with Gasteiger partial charge in [0, 0.05) is 90.1 Å². The molecule has 1 aliphatic heterocycles. The van der Waals surface area contributed by atoms with Crippen LogP contribution in [-0.4, -0.2) is 36.0 Å². The van der Waals surface area contributed by atoms with Gasteiger partial charge in [0.25, 0.3) is 0 Å². The van der Waals surface area contributed by atoms with Gasteiger partial charge in [-0.1, -0.05) is 12.1 Å². The van der Waals surface area contributed by atoms with Gasteiger partial charge in [-0.2, -0.15) is 0 Å². The SMILES string of the molecule is Cc1cc(-n2c3c(c4cnccc42)CN(C)C=C3)ccc1-c1ccc(-n2c3ccncc3c3cnccc32)cc1C. The van der Waals surface area contributed by atoms with Crippen molar-refractivity contribution in [2.24, 2.45) is 0 Å². The predicted molar refractivity (Wildman–Crippen MR) is 166 cm³/mol. The van der Waals surface area contributed by atoms with E-state index in [9.17, 15) is 0 Å². The smallest absolute Gasteiger partial charge is 0.0572 e. The second kappa shape index (κ2) is 8.89. The summed E-state index contributed by atoms with van der Waals surface area (Å²) in [4.78, 5) is 15.4. The summed E-state index contributed by atoms with van der Waals surface area (Å²) in [7, 11) is 2.11. The van der Waals surface area contributed by atoms with Crippen molar-refractivity contribution in [3.8, 4) is 22.5 Å². The third kappa shape index (κ3) is 3.54. The van der Waals surface area contributed by atoms with Gasteiger partial charge in [-0.15, -0.1) is 0 Å². The van der Waals surface area contributed by atoms with E-state index in [0.29, 0.717) is 0 Å². The van der Waals surface area contributed by atoms with Crippen molar-refractivity contribution in [1.29, 1.82) is 0 Å². The molecular weight excluding hydrogens is 504 g/mol. The van der Waals surface area contributed by atoms with Crippen molar-refractivity contribution in [2.75, 3.05) is 7.05 Å². The van der Waals surface area contributed by atoms with Crippen molar-refractivity contribution in [2.45, 2.75) is 20.4 Å². The lowest BCUT2D eigenvalue weighted by Gasteiger charge is -2.20. The van der Waals surface area contributed by atoms with Crippen LogP contribution in [0.25, 0.3) is 61.3 Å². The highest BCUT2D eigenvalue weighted by molar-refractivity contribution is 6.08. The van der Waals surface area contributed by atoms with Crippen LogP contribution in [0.15, 0.2) is 98.0 Å². The minimum atomic E-state index is 0.878. The van der Waals surface area contributed by atoms with Gasteiger partial charge < -0.3 is 14.0 Å². The summed E-state index contributed by atoms with van der Waals surface area (Å²) in [5.74, 6) is 0. The molecule has 41 heavy (non-hydrogen) atoms. The first kappa shape index (κ1) is 23.6. The average Bonchev–Trinajstić information content (AvgIpc) is 3.50. The van der Waals surface area contributed by atoms with Crippen LogP contribution in [0.4, 0.5) is 0 Å². The molecule has 6 heterocycles. The van der Waals surface area contributed by atoms with E-state index in [1.165, 1.54) is 50.1 Å². The first-order valence-corrected chi connectivity index (χ1v) is 13.8. The van der Waals surface area contributed by atoms with Crippen molar-refractivity contribution < 1.29 is 0 Å². The zero-order chi connectivity index (χ0) is 27.7. The Kier molecular flexibility index (Phi) is 5.13. The second-order valence-corrected chi connectivity index (χ2v) is 10.9. The average molecular weight is 533 g/mol. The molecule has 0 spiro atoms. The number of hydrogen-bond acceptors (Lipinski definition) is 4. The van der Waals surface area contributed by atoms with Gasteiger partial charge in [0.15, 0.2) is 0 Å². The van der Waals surface area contributed by atoms with Crippen molar-refractivity contribution in [1.82, 2.24) is 29.0 Å². The third-order valence-electron chi connectivity index (χ3n) is 8.40. The topological polar surface area (TPSA) is 51.8 Å². The van der Waals surface area contributed by atoms with Crippen LogP contribution in [0.1, 0.15) is 22.4 Å². The van der Waals surface area contributed by atoms with Crippen LogP contribution in [0.3, 0.4) is 0 Å². The van der Waals surface area contributed by atoms with Crippen LogP contribution < -0.4 is 0 Å². The number of benzene rings is 2. The number of nitrogens with zero attached hydrogens (tertiary/aromatic N) is 6. The lowest BCUT2D eigenvalue weighted by Crippen LogP contribution is -2.14. The third-order valence-corrected chi connectivity index (χ3v) is 8.40. The van der Waals surface area contributed by atoms with E-state index in [0.717, 1.165) is 34.0 Å². The monoisotopic (exact) mass is 532 g/mol. The summed E-state index contributed by atoms with van der Waals surface area (Å²) in [6, 6.07) is 19.9. The summed E-state index contributed by atoms with van der Waals surface area (Å²) < 4.78 is 4.68. The number of hydrogen-bond donors (Lipinski definition) is 0. The molecule has 0 N–H and O–H groups in total. The molecule has 5 aromatic heterocycles. The van der Waals surface area contributed by atoms with Crippen molar-refractivity contribution in [3.63, 3.8) is 0 Å². The van der Waals surface area contributed by atoms with Gasteiger partial charge >= 0.3 is 0 Å². The highest BCUT2D eigenvalue weighted by atomic mass is 15.1. The van der Waals surface area contributed by atoms with Crippen molar-refractivity contribution in [3.05, 3.63) is 120 Å². The van der Waals surface area contributed by atoms with E-state index in [-0.39, 0.29) is 0 Å². The predicted octanol–water partition coefficient (Wildman–Crippen LogP) is 7.61. The molecule has 0 aliphatic carbocycles. The van der Waals surface area contributed by atoms with Gasteiger partial charge in [0.2, 0.25) is 0 Å². The second-order valence-electron chi connectivity index (χ2n) is 10.9. The van der Waals surface area contributed by atoms with E-state index in [2.05, 4.69) is 117 Å². The Morgan fingerprint density at radius 2 is 1.12 bits per heavy atom. The molecule has 198 valence electrons. The van der Waals surface area contributed by atoms with Gasteiger partial charge in [0.05, 0.1) is 22.2 Å². The maximum absolute atomic E-state index is 4.43. The Hall–Kier alpha value is -5.23. The first-order chi connectivity index (χ1) is 20.1. The van der Waals surface area contributed by atoms with Crippen LogP contribution in [0.2, 0.25) is 0 Å². The zero-order valence-electron chi connectivity index (χ0n) is 23.2. The van der Waals surface area contributed by atoms with Crippen LogP contribution >= 0.6 is 0 Å². The number of pyridine rings is 3. The summed E-state index contributed by atoms with van der Waals surface area (Å²) in [5, 5.41) is 3.44. The molecule has 0 atom stereocenters. The molecule has 0 bridgehead atoms. The fourth-order valence-electron chi connectivity index (χ4n) is 6.50. The lowest BCUT2D eigenvalue weighted by atomic mass is 9.95. The van der Waals surface area contributed by atoms with Gasteiger partial charge in [0.1, 0.15) is 0 Å². The quantitative estimate of drug-likeness (QED) is 0.235. The highest BCUT2D eigenvalue weighted by Crippen LogP contribution is 2.37. The molecule has 0 unspecified atom stereocenters. The van der Waals surface area contributed by atoms with Crippen LogP contribution in [0.5, 0.6) is 0 Å². The van der Waals surface area contributed by atoms with Gasteiger partial charge in [-0.3, -0.25) is 15.0 Å². The van der Waals surface area contributed by atoms with Crippen molar-refractivity contribution >= 4 is 38.8 Å². The molecule has 0 saturated heterocycles. The van der Waals surface area contributed by atoms with E-state index in [4.69, 9.17) is 0 Å². The largest absolute Gasteiger partial charge is 0.376 e. The molecule has 6 heteroatoms. The Bertz CT molecular complexity index is 2130. The Balaban J connectivity index is 1.23. The normalized spacial score (nSPS) is 13.0. The zero-order valence-corrected chi connectivity index (χ0v) is 23.2. The van der Waals surface area contributed by atoms with E-state index in [1.54, 1.807) is 0 Å². The number of aromatic nitrogens is 5. The maximum Gasteiger partial charge on any atom is 0.0572 e. The Morgan fingerprint density at radius 3 is 1.68 bits per heavy atom. The molecule has 6 nitrogen and oxygen atoms in total. The molecule has 8 rings (SSSR count). The molecule has 1 aliphatic rings. The number of fused-ring (bicyclic) bond motifs is 6. The molecule has 7 aromatic rings. The van der Waals surface area contributed by atoms with Crippen LogP contribution in [0, 0.1) is 13.8 Å². The lowest BCUT2D eigenvalue weighted by molar-refractivity contribution is 0.449. The standard InChI is InChI=1S/C35H28N6/c1-22-16-24(40-32-8-12-36-18-28(32)29-19-37-13-9-33(29)40)4-6-26(22)27-7-5-25(17-23(27)2)41-34-10-14-38-20-30(34)31-21-39(3)15-11-35(31)41/h4-20H,21H2,1-3H3. The fraction of sp³-hybridized carbons (Fsp3) is 0.114. The van der Waals surface area contributed by atoms with Gasteiger partial charge in [-0.05, 0) is 84.6 Å². The fourth-order valence-corrected chi connectivity index (χ4v) is 6.50. The number of rotatable bonds is 3. The summed E-state index contributed by atoms with van der Waals surface area (Å²) in [6.07, 6.45) is 15.8. The van der Waals surface area contributed by atoms with E-state index >= 15 is 0 Å². The summed E-state index contributed by atoms with van der Waals surface area (Å²) >= 11 is 0. The van der Waals surface area contributed by atoms with E-state index in [1.807, 2.05) is 37.2 Å².